The number of ether oxygens (including phenoxy) is 2. The van der Waals surface area contributed by atoms with Crippen molar-refractivity contribution in [3.8, 4) is 0 Å². The summed E-state index contributed by atoms with van der Waals surface area (Å²) in [6.07, 6.45) is 3.54. The largest absolute Gasteiger partial charge is 0.376 e. The second-order valence-electron chi connectivity index (χ2n) is 5.23. The molecule has 104 valence electrons. The van der Waals surface area contributed by atoms with Crippen molar-refractivity contribution in [3.05, 3.63) is 34.9 Å². The van der Waals surface area contributed by atoms with Gasteiger partial charge in [0.25, 0.3) is 0 Å². The number of hydrogen-bond donors (Lipinski definition) is 0. The number of carbonyl (C=O) groups is 1. The van der Waals surface area contributed by atoms with Gasteiger partial charge in [0.15, 0.2) is 5.78 Å². The molecule has 1 heterocycles. The topological polar surface area (TPSA) is 35.5 Å². The highest BCUT2D eigenvalue weighted by Gasteiger charge is 2.15. The first-order chi connectivity index (χ1) is 9.16. The van der Waals surface area contributed by atoms with Crippen molar-refractivity contribution < 1.29 is 14.3 Å². The molecule has 1 aromatic rings. The minimum absolute atomic E-state index is 0.0407. The quantitative estimate of drug-likeness (QED) is 0.765. The zero-order valence-electron chi connectivity index (χ0n) is 11.8. The van der Waals surface area contributed by atoms with Crippen LogP contribution in [-0.4, -0.2) is 31.7 Å². The van der Waals surface area contributed by atoms with Crippen LogP contribution in [0.2, 0.25) is 0 Å². The third kappa shape index (κ3) is 4.15. The van der Waals surface area contributed by atoms with Crippen LogP contribution in [-0.2, 0) is 9.47 Å². The van der Waals surface area contributed by atoms with Crippen LogP contribution in [0.5, 0.6) is 0 Å². The Morgan fingerprint density at radius 3 is 2.84 bits per heavy atom. The molecule has 0 spiro atoms. The van der Waals surface area contributed by atoms with E-state index in [2.05, 4.69) is 0 Å². The fourth-order valence-electron chi connectivity index (χ4n) is 2.22. The molecule has 1 fully saturated rings. The van der Waals surface area contributed by atoms with Crippen molar-refractivity contribution in [1.82, 2.24) is 0 Å². The Hall–Kier alpha value is -1.19. The van der Waals surface area contributed by atoms with E-state index in [1.807, 2.05) is 32.0 Å². The van der Waals surface area contributed by atoms with E-state index in [-0.39, 0.29) is 18.5 Å². The van der Waals surface area contributed by atoms with Crippen molar-refractivity contribution >= 4 is 5.78 Å². The summed E-state index contributed by atoms with van der Waals surface area (Å²) in [5.41, 5.74) is 3.07. The Morgan fingerprint density at radius 1 is 1.32 bits per heavy atom. The number of rotatable bonds is 5. The molecule has 19 heavy (non-hydrogen) atoms. The van der Waals surface area contributed by atoms with Gasteiger partial charge in [0.05, 0.1) is 12.7 Å². The molecular weight excluding hydrogens is 240 g/mol. The lowest BCUT2D eigenvalue weighted by Gasteiger charge is -2.22. The number of aryl methyl sites for hydroxylation is 2. The second-order valence-corrected chi connectivity index (χ2v) is 5.23. The minimum atomic E-state index is 0.0407. The Labute approximate surface area is 114 Å². The lowest BCUT2D eigenvalue weighted by Crippen LogP contribution is -2.25. The zero-order valence-corrected chi connectivity index (χ0v) is 11.8. The molecule has 0 aliphatic carbocycles. The van der Waals surface area contributed by atoms with Gasteiger partial charge in [-0.2, -0.15) is 0 Å². The molecule has 3 nitrogen and oxygen atoms in total. The molecule has 0 amide bonds. The van der Waals surface area contributed by atoms with Crippen molar-refractivity contribution in [2.24, 2.45) is 0 Å². The monoisotopic (exact) mass is 262 g/mol. The summed E-state index contributed by atoms with van der Waals surface area (Å²) in [4.78, 5) is 12.0. The summed E-state index contributed by atoms with van der Waals surface area (Å²) in [5, 5.41) is 0. The molecule has 1 aliphatic heterocycles. The fraction of sp³-hybridized carbons (Fsp3) is 0.562. The molecule has 3 heteroatoms. The molecule has 1 unspecified atom stereocenters. The van der Waals surface area contributed by atoms with Crippen LogP contribution in [0.25, 0.3) is 0 Å². The van der Waals surface area contributed by atoms with E-state index in [0.717, 1.165) is 30.6 Å². The molecule has 0 aromatic heterocycles. The third-order valence-electron chi connectivity index (χ3n) is 3.64. The smallest absolute Gasteiger partial charge is 0.188 e. The lowest BCUT2D eigenvalue weighted by molar-refractivity contribution is -0.0370. The van der Waals surface area contributed by atoms with E-state index in [1.54, 1.807) is 0 Å². The van der Waals surface area contributed by atoms with Crippen LogP contribution in [0.1, 0.15) is 40.7 Å². The van der Waals surface area contributed by atoms with Crippen LogP contribution in [0.3, 0.4) is 0 Å². The van der Waals surface area contributed by atoms with Gasteiger partial charge in [0.1, 0.15) is 6.61 Å². The van der Waals surface area contributed by atoms with Gasteiger partial charge in [0, 0.05) is 12.2 Å². The van der Waals surface area contributed by atoms with Gasteiger partial charge >= 0.3 is 0 Å². The summed E-state index contributed by atoms with van der Waals surface area (Å²) >= 11 is 0. The molecule has 1 atom stereocenters. The number of carbonyl (C=O) groups excluding carboxylic acids is 1. The Morgan fingerprint density at radius 2 is 2.16 bits per heavy atom. The van der Waals surface area contributed by atoms with Crippen LogP contribution in [0, 0.1) is 13.8 Å². The molecule has 2 rings (SSSR count). The molecule has 1 aromatic carbocycles. The Bertz CT molecular complexity index is 434. The Balaban J connectivity index is 1.78. The summed E-state index contributed by atoms with van der Waals surface area (Å²) in [5.74, 6) is 0.0407. The minimum Gasteiger partial charge on any atom is -0.376 e. The van der Waals surface area contributed by atoms with E-state index in [1.165, 1.54) is 12.0 Å². The first-order valence-corrected chi connectivity index (χ1v) is 6.96. The first-order valence-electron chi connectivity index (χ1n) is 6.96. The van der Waals surface area contributed by atoms with Gasteiger partial charge in [-0.1, -0.05) is 12.1 Å². The molecule has 1 saturated heterocycles. The molecule has 0 saturated carbocycles. The highest BCUT2D eigenvalue weighted by Crippen LogP contribution is 2.13. The maximum absolute atomic E-state index is 12.0. The first kappa shape index (κ1) is 14.2. The van der Waals surface area contributed by atoms with Crippen LogP contribution >= 0.6 is 0 Å². The Kier molecular flexibility index (Phi) is 5.11. The van der Waals surface area contributed by atoms with E-state index in [9.17, 15) is 4.79 Å². The summed E-state index contributed by atoms with van der Waals surface area (Å²) in [6.45, 7) is 5.54. The third-order valence-corrected chi connectivity index (χ3v) is 3.64. The number of benzene rings is 1. The average Bonchev–Trinajstić information content (AvgIpc) is 2.43. The average molecular weight is 262 g/mol. The summed E-state index contributed by atoms with van der Waals surface area (Å²) in [6, 6.07) is 5.77. The van der Waals surface area contributed by atoms with Crippen LogP contribution in [0.15, 0.2) is 18.2 Å². The van der Waals surface area contributed by atoms with Crippen molar-refractivity contribution in [1.29, 1.82) is 0 Å². The van der Waals surface area contributed by atoms with Crippen LogP contribution < -0.4 is 0 Å². The second kappa shape index (κ2) is 6.83. The van der Waals surface area contributed by atoms with E-state index in [0.29, 0.717) is 6.61 Å². The van der Waals surface area contributed by atoms with Crippen LogP contribution in [0.4, 0.5) is 0 Å². The van der Waals surface area contributed by atoms with Gasteiger partial charge in [-0.15, -0.1) is 0 Å². The predicted molar refractivity (Wildman–Crippen MR) is 74.7 cm³/mol. The van der Waals surface area contributed by atoms with Gasteiger partial charge < -0.3 is 9.47 Å². The van der Waals surface area contributed by atoms with Crippen molar-refractivity contribution in [3.63, 3.8) is 0 Å². The SMILES string of the molecule is Cc1ccc(C(=O)COCC2CCCCO2)cc1C. The number of ketones is 1. The zero-order chi connectivity index (χ0) is 13.7. The maximum atomic E-state index is 12.0. The van der Waals surface area contributed by atoms with Gasteiger partial charge in [-0.25, -0.2) is 0 Å². The number of Topliss-reactive ketones (excluding diaryl/α,β-unsaturated/α-hetero) is 1. The standard InChI is InChI=1S/C16H22O3/c1-12-6-7-14(9-13(12)2)16(17)11-18-10-15-5-3-4-8-19-15/h6-7,9,15H,3-5,8,10-11H2,1-2H3. The summed E-state index contributed by atoms with van der Waals surface area (Å²) < 4.78 is 11.0. The molecule has 0 bridgehead atoms. The molecule has 1 aliphatic rings. The normalized spacial score (nSPS) is 19.4. The summed E-state index contributed by atoms with van der Waals surface area (Å²) in [7, 11) is 0. The lowest BCUT2D eigenvalue weighted by atomic mass is 10.0. The van der Waals surface area contributed by atoms with Gasteiger partial charge in [-0.3, -0.25) is 4.79 Å². The fourth-order valence-corrected chi connectivity index (χ4v) is 2.22. The van der Waals surface area contributed by atoms with E-state index in [4.69, 9.17) is 9.47 Å². The van der Waals surface area contributed by atoms with E-state index < -0.39 is 0 Å². The van der Waals surface area contributed by atoms with Gasteiger partial charge in [0.2, 0.25) is 0 Å². The highest BCUT2D eigenvalue weighted by molar-refractivity contribution is 5.97. The van der Waals surface area contributed by atoms with Crippen molar-refractivity contribution in [2.45, 2.75) is 39.2 Å². The maximum Gasteiger partial charge on any atom is 0.188 e. The number of hydrogen-bond acceptors (Lipinski definition) is 3. The van der Waals surface area contributed by atoms with E-state index >= 15 is 0 Å². The molecule has 0 N–H and O–H groups in total. The molecular formula is C16H22O3. The highest BCUT2D eigenvalue weighted by atomic mass is 16.5. The van der Waals surface area contributed by atoms with Gasteiger partial charge in [-0.05, 0) is 50.3 Å². The molecule has 0 radical (unpaired) electrons. The predicted octanol–water partition coefficient (Wildman–Crippen LogP) is 3.07. The van der Waals surface area contributed by atoms with Crippen molar-refractivity contribution in [2.75, 3.05) is 19.8 Å².